The number of likely N-dealkylation sites (tertiary alicyclic amines) is 1. The molecule has 2 rings (SSSR count). The number of carbonyl (C=O) groups is 2. The molecule has 1 aliphatic rings. The standard InChI is InChI=1S/C30H35F3N2O4.C3H8O/c1-6-26(10-8-21(3)29(36)37)35(30(38)39-5)18-23-11-13-34(14-12-23)19-24-9-7-20(2)15-27(24)22(4)28(33)16-25(32)17-31;1-3-4-2/h6-10,15-17,23H,1,4,11-14,18-19H2,2-3,5H3,(H,36,37);3H2,1-2H3/b21-8+,25-17-,26-10+,28-16+;. The molecule has 43 heavy (non-hydrogen) atoms. The number of carbonyl (C=O) groups excluding carboxylic acids is 1. The molecular weight excluding hydrogens is 561 g/mol. The third-order valence-electron chi connectivity index (χ3n) is 6.84. The van der Waals surface area contributed by atoms with Crippen LogP contribution in [-0.4, -0.2) is 67.4 Å². The van der Waals surface area contributed by atoms with Gasteiger partial charge in [-0.25, -0.2) is 22.8 Å². The molecule has 1 heterocycles. The van der Waals surface area contributed by atoms with E-state index in [2.05, 4.69) is 22.8 Å². The molecule has 1 aromatic rings. The number of piperidine rings is 1. The summed E-state index contributed by atoms with van der Waals surface area (Å²) >= 11 is 0. The minimum Gasteiger partial charge on any atom is -0.478 e. The van der Waals surface area contributed by atoms with E-state index in [0.29, 0.717) is 43.5 Å². The number of rotatable bonds is 12. The number of aliphatic carboxylic acids is 1. The molecule has 7 nitrogen and oxygen atoms in total. The first-order valence-corrected chi connectivity index (χ1v) is 13.9. The van der Waals surface area contributed by atoms with Gasteiger partial charge in [0.05, 0.1) is 7.11 Å². The van der Waals surface area contributed by atoms with E-state index in [9.17, 15) is 22.8 Å². The van der Waals surface area contributed by atoms with Crippen LogP contribution in [0.5, 0.6) is 0 Å². The van der Waals surface area contributed by atoms with Gasteiger partial charge in [0.1, 0.15) is 12.2 Å². The van der Waals surface area contributed by atoms with Crippen molar-refractivity contribution in [2.24, 2.45) is 5.92 Å². The maximum Gasteiger partial charge on any atom is 0.414 e. The molecule has 0 radical (unpaired) electrons. The average molecular weight is 605 g/mol. The molecule has 10 heteroatoms. The molecule has 1 fully saturated rings. The summed E-state index contributed by atoms with van der Waals surface area (Å²) in [4.78, 5) is 27.3. The lowest BCUT2D eigenvalue weighted by Crippen LogP contribution is -2.40. The molecule has 1 aromatic carbocycles. The van der Waals surface area contributed by atoms with Gasteiger partial charge < -0.3 is 14.6 Å². The summed E-state index contributed by atoms with van der Waals surface area (Å²) in [7, 11) is 2.96. The summed E-state index contributed by atoms with van der Waals surface area (Å²) in [6, 6.07) is 5.55. The SMILES string of the molecule is C=C/C(=C\C=C(/C)C(=O)O)N(CC1CCN(Cc2ccc(C)cc2C(=C)/C(F)=C\C(F)=C\F)CC1)C(=O)OC.CCOC. The van der Waals surface area contributed by atoms with E-state index in [1.165, 1.54) is 37.2 Å². The highest BCUT2D eigenvalue weighted by Gasteiger charge is 2.26. The van der Waals surface area contributed by atoms with Crippen LogP contribution in [0.2, 0.25) is 0 Å². The maximum atomic E-state index is 14.5. The number of benzene rings is 1. The van der Waals surface area contributed by atoms with Crippen LogP contribution in [0.25, 0.3) is 5.57 Å². The van der Waals surface area contributed by atoms with Crippen molar-refractivity contribution in [2.45, 2.75) is 40.2 Å². The third-order valence-corrected chi connectivity index (χ3v) is 6.84. The minimum atomic E-state index is -1.33. The Morgan fingerprint density at radius 2 is 1.81 bits per heavy atom. The lowest BCUT2D eigenvalue weighted by molar-refractivity contribution is -0.132. The van der Waals surface area contributed by atoms with E-state index in [4.69, 9.17) is 9.84 Å². The molecule has 0 unspecified atom stereocenters. The Kier molecular flexibility index (Phi) is 16.7. The van der Waals surface area contributed by atoms with Gasteiger partial charge in [0.15, 0.2) is 5.83 Å². The van der Waals surface area contributed by atoms with Gasteiger partial charge in [0.2, 0.25) is 0 Å². The number of amides is 1. The number of allylic oxidation sites excluding steroid dienone is 7. The Morgan fingerprint density at radius 3 is 2.33 bits per heavy atom. The number of carboxylic acid groups (broad SMARTS) is 1. The van der Waals surface area contributed by atoms with Crippen molar-refractivity contribution in [1.82, 2.24) is 9.80 Å². The smallest absolute Gasteiger partial charge is 0.414 e. The van der Waals surface area contributed by atoms with Crippen LogP contribution in [0.4, 0.5) is 18.0 Å². The highest BCUT2D eigenvalue weighted by Crippen LogP contribution is 2.30. The molecule has 0 aromatic heterocycles. The molecule has 0 atom stereocenters. The van der Waals surface area contributed by atoms with Crippen LogP contribution in [0.1, 0.15) is 43.4 Å². The van der Waals surface area contributed by atoms with E-state index >= 15 is 0 Å². The molecule has 0 bridgehead atoms. The third kappa shape index (κ3) is 12.5. The highest BCUT2D eigenvalue weighted by molar-refractivity contribution is 5.86. The topological polar surface area (TPSA) is 79.3 Å². The molecule has 0 spiro atoms. The van der Waals surface area contributed by atoms with Gasteiger partial charge in [-0.2, -0.15) is 0 Å². The van der Waals surface area contributed by atoms with Crippen molar-refractivity contribution in [3.63, 3.8) is 0 Å². The zero-order valence-electron chi connectivity index (χ0n) is 25.7. The van der Waals surface area contributed by atoms with Crippen LogP contribution in [0, 0.1) is 12.8 Å². The fourth-order valence-electron chi connectivity index (χ4n) is 4.25. The van der Waals surface area contributed by atoms with Crippen molar-refractivity contribution < 1.29 is 37.3 Å². The Hall–Kier alpha value is -3.89. The summed E-state index contributed by atoms with van der Waals surface area (Å²) < 4.78 is 49.6. The second kappa shape index (κ2) is 19.3. The predicted molar refractivity (Wildman–Crippen MR) is 164 cm³/mol. The number of hydrogen-bond donors (Lipinski definition) is 1. The van der Waals surface area contributed by atoms with Gasteiger partial charge in [-0.1, -0.05) is 43.0 Å². The molecular formula is C33H43F3N2O5. The summed E-state index contributed by atoms with van der Waals surface area (Å²) in [5, 5.41) is 9.10. The van der Waals surface area contributed by atoms with Gasteiger partial charge >= 0.3 is 12.1 Å². The Bertz CT molecular complexity index is 1240. The first-order chi connectivity index (χ1) is 20.4. The van der Waals surface area contributed by atoms with E-state index in [1.54, 1.807) is 13.2 Å². The van der Waals surface area contributed by atoms with Gasteiger partial charge in [-0.05, 0) is 75.9 Å². The van der Waals surface area contributed by atoms with E-state index in [-0.39, 0.29) is 23.4 Å². The van der Waals surface area contributed by atoms with Crippen LogP contribution in [0.3, 0.4) is 0 Å². The lowest BCUT2D eigenvalue weighted by atomic mass is 9.93. The van der Waals surface area contributed by atoms with Crippen molar-refractivity contribution in [3.8, 4) is 0 Å². The number of methoxy groups -OCH3 is 2. The highest BCUT2D eigenvalue weighted by atomic mass is 19.2. The zero-order valence-corrected chi connectivity index (χ0v) is 25.7. The average Bonchev–Trinajstić information content (AvgIpc) is 3.01. The summed E-state index contributed by atoms with van der Waals surface area (Å²) in [5.41, 5.74) is 2.74. The van der Waals surface area contributed by atoms with Gasteiger partial charge in [-0.15, -0.1) is 0 Å². The predicted octanol–water partition coefficient (Wildman–Crippen LogP) is 7.68. The van der Waals surface area contributed by atoms with E-state index < -0.39 is 23.7 Å². The zero-order chi connectivity index (χ0) is 32.5. The van der Waals surface area contributed by atoms with Gasteiger partial charge in [0, 0.05) is 49.7 Å². The van der Waals surface area contributed by atoms with Crippen LogP contribution >= 0.6 is 0 Å². The number of nitrogens with zero attached hydrogens (tertiary/aromatic N) is 2. The number of halogens is 3. The molecule has 1 N–H and O–H groups in total. The maximum absolute atomic E-state index is 14.5. The summed E-state index contributed by atoms with van der Waals surface area (Å²) in [6.45, 7) is 15.9. The van der Waals surface area contributed by atoms with Crippen LogP contribution in [0.15, 0.2) is 84.9 Å². The summed E-state index contributed by atoms with van der Waals surface area (Å²) in [5.74, 6) is -3.19. The number of aryl methyl sites for hydroxylation is 1. The van der Waals surface area contributed by atoms with Crippen molar-refractivity contribution >= 4 is 17.6 Å². The fourth-order valence-corrected chi connectivity index (χ4v) is 4.25. The van der Waals surface area contributed by atoms with Crippen LogP contribution in [-0.2, 0) is 20.8 Å². The monoisotopic (exact) mass is 604 g/mol. The van der Waals surface area contributed by atoms with Crippen molar-refractivity contribution in [2.75, 3.05) is 40.5 Å². The van der Waals surface area contributed by atoms with E-state index in [0.717, 1.165) is 30.6 Å². The first kappa shape index (κ1) is 37.1. The normalized spacial score (nSPS) is 15.3. The quantitative estimate of drug-likeness (QED) is 0.195. The van der Waals surface area contributed by atoms with Crippen molar-refractivity contribution in [1.29, 1.82) is 0 Å². The Labute approximate surface area is 253 Å². The lowest BCUT2D eigenvalue weighted by Gasteiger charge is -2.35. The summed E-state index contributed by atoms with van der Waals surface area (Å²) in [6.07, 6.45) is 5.54. The largest absolute Gasteiger partial charge is 0.478 e. The van der Waals surface area contributed by atoms with Crippen LogP contribution < -0.4 is 0 Å². The second-order valence-corrected chi connectivity index (χ2v) is 9.95. The molecule has 236 valence electrons. The number of hydrogen-bond acceptors (Lipinski definition) is 5. The van der Waals surface area contributed by atoms with E-state index in [1.807, 2.05) is 26.0 Å². The van der Waals surface area contributed by atoms with Gasteiger partial charge in [-0.3, -0.25) is 9.80 Å². The molecule has 0 aliphatic carbocycles. The van der Waals surface area contributed by atoms with Gasteiger partial charge in [0.25, 0.3) is 0 Å². The molecule has 1 aliphatic heterocycles. The number of ether oxygens (including phenoxy) is 2. The van der Waals surface area contributed by atoms with Crippen molar-refractivity contribution in [3.05, 3.63) is 102 Å². The molecule has 1 amide bonds. The molecule has 0 saturated carbocycles. The fraction of sp³-hybridized carbons (Fsp3) is 0.394. The number of carboxylic acids is 1. The second-order valence-electron chi connectivity index (χ2n) is 9.95. The Balaban J connectivity index is 0.00000217. The first-order valence-electron chi connectivity index (χ1n) is 13.9. The minimum absolute atomic E-state index is 0.0229. The molecule has 1 saturated heterocycles. The Morgan fingerprint density at radius 1 is 1.19 bits per heavy atom.